The van der Waals surface area contributed by atoms with Crippen molar-refractivity contribution in [2.75, 3.05) is 18.4 Å². The molecule has 5 heteroatoms. The monoisotopic (exact) mass is 238 g/mol. The predicted octanol–water partition coefficient (Wildman–Crippen LogP) is 1.78. The molecule has 1 aliphatic heterocycles. The summed E-state index contributed by atoms with van der Waals surface area (Å²) in [6, 6.07) is 1.35. The van der Waals surface area contributed by atoms with Gasteiger partial charge >= 0.3 is 0 Å². The van der Waals surface area contributed by atoms with Gasteiger partial charge in [-0.2, -0.15) is 0 Å². The van der Waals surface area contributed by atoms with Crippen molar-refractivity contribution >= 4 is 17.5 Å². The van der Waals surface area contributed by atoms with E-state index in [9.17, 15) is 0 Å². The van der Waals surface area contributed by atoms with Crippen molar-refractivity contribution in [3.63, 3.8) is 0 Å². The molecule has 1 aromatic rings. The second-order valence-corrected chi connectivity index (χ2v) is 5.02. The van der Waals surface area contributed by atoms with E-state index in [0.717, 1.165) is 12.6 Å². The highest BCUT2D eigenvalue weighted by Gasteiger charge is 2.34. The molecule has 0 aromatic carbocycles. The highest BCUT2D eigenvalue weighted by atomic mass is 35.5. The molecule has 1 saturated carbocycles. The zero-order valence-corrected chi connectivity index (χ0v) is 9.82. The van der Waals surface area contributed by atoms with Crippen LogP contribution < -0.4 is 5.32 Å². The van der Waals surface area contributed by atoms with Crippen molar-refractivity contribution in [3.8, 4) is 0 Å². The molecule has 1 saturated heterocycles. The maximum absolute atomic E-state index is 5.74. The van der Waals surface area contributed by atoms with E-state index in [0.29, 0.717) is 17.0 Å². The summed E-state index contributed by atoms with van der Waals surface area (Å²) < 4.78 is 0. The molecule has 4 nitrogen and oxygen atoms in total. The third-order valence-corrected chi connectivity index (χ3v) is 3.43. The molecule has 0 spiro atoms. The van der Waals surface area contributed by atoms with Gasteiger partial charge in [-0.15, -0.1) is 0 Å². The average Bonchev–Trinajstić information content (AvgIpc) is 3.04. The van der Waals surface area contributed by atoms with Gasteiger partial charge in [0.25, 0.3) is 0 Å². The maximum atomic E-state index is 5.74. The van der Waals surface area contributed by atoms with Gasteiger partial charge < -0.3 is 5.32 Å². The van der Waals surface area contributed by atoms with Gasteiger partial charge in [0.15, 0.2) is 0 Å². The molecule has 86 valence electrons. The largest absolute Gasteiger partial charge is 0.350 e. The highest BCUT2D eigenvalue weighted by molar-refractivity contribution is 6.30. The Hall–Kier alpha value is -0.870. The van der Waals surface area contributed by atoms with Gasteiger partial charge in [-0.3, -0.25) is 4.90 Å². The molecular formula is C11H15ClN4. The molecular weight excluding hydrogens is 224 g/mol. The summed E-state index contributed by atoms with van der Waals surface area (Å²) >= 11 is 5.74. The SMILES string of the molecule is Clc1cnc(NC2CCN(C3CC3)C2)nc1. The van der Waals surface area contributed by atoms with Crippen molar-refractivity contribution in [1.29, 1.82) is 0 Å². The van der Waals surface area contributed by atoms with Crippen LogP contribution in [0, 0.1) is 0 Å². The number of nitrogens with one attached hydrogen (secondary N) is 1. The molecule has 0 bridgehead atoms. The van der Waals surface area contributed by atoms with Crippen molar-refractivity contribution < 1.29 is 0 Å². The quantitative estimate of drug-likeness (QED) is 0.872. The van der Waals surface area contributed by atoms with Crippen molar-refractivity contribution in [2.24, 2.45) is 0 Å². The Balaban J connectivity index is 1.57. The van der Waals surface area contributed by atoms with E-state index in [2.05, 4.69) is 20.2 Å². The van der Waals surface area contributed by atoms with Crippen molar-refractivity contribution in [3.05, 3.63) is 17.4 Å². The number of likely N-dealkylation sites (tertiary alicyclic amines) is 1. The molecule has 0 radical (unpaired) electrons. The average molecular weight is 239 g/mol. The lowest BCUT2D eigenvalue weighted by Crippen LogP contribution is -2.28. The molecule has 2 aliphatic rings. The van der Waals surface area contributed by atoms with Crippen molar-refractivity contribution in [2.45, 2.75) is 31.3 Å². The molecule has 2 heterocycles. The standard InChI is InChI=1S/C11H15ClN4/c12-8-5-13-11(14-6-8)15-9-3-4-16(7-9)10-1-2-10/h5-6,9-10H,1-4,7H2,(H,13,14,15). The second-order valence-electron chi connectivity index (χ2n) is 4.58. The smallest absolute Gasteiger partial charge is 0.222 e. The summed E-state index contributed by atoms with van der Waals surface area (Å²) in [5.74, 6) is 0.687. The van der Waals surface area contributed by atoms with Crippen LogP contribution in [-0.4, -0.2) is 40.0 Å². The number of anilines is 1. The van der Waals surface area contributed by atoms with Crippen LogP contribution in [0.2, 0.25) is 5.02 Å². The van der Waals surface area contributed by atoms with E-state index in [1.54, 1.807) is 12.4 Å². The van der Waals surface area contributed by atoms with Gasteiger partial charge in [-0.25, -0.2) is 9.97 Å². The lowest BCUT2D eigenvalue weighted by molar-refractivity contribution is 0.326. The highest BCUT2D eigenvalue weighted by Crippen LogP contribution is 2.30. The van der Waals surface area contributed by atoms with Crippen LogP contribution in [0.4, 0.5) is 5.95 Å². The van der Waals surface area contributed by atoms with Crippen LogP contribution in [0.3, 0.4) is 0 Å². The molecule has 2 fully saturated rings. The molecule has 3 rings (SSSR count). The van der Waals surface area contributed by atoms with Crippen LogP contribution in [-0.2, 0) is 0 Å². The Kier molecular flexibility index (Phi) is 2.69. The Morgan fingerprint density at radius 1 is 1.25 bits per heavy atom. The first-order chi connectivity index (χ1) is 7.81. The zero-order valence-electron chi connectivity index (χ0n) is 9.06. The van der Waals surface area contributed by atoms with Gasteiger partial charge in [-0.1, -0.05) is 11.6 Å². The maximum Gasteiger partial charge on any atom is 0.222 e. The Morgan fingerprint density at radius 2 is 2.00 bits per heavy atom. The normalized spacial score (nSPS) is 25.9. The van der Waals surface area contributed by atoms with Gasteiger partial charge in [-0.05, 0) is 19.3 Å². The molecule has 1 aromatic heterocycles. The number of hydrogen-bond acceptors (Lipinski definition) is 4. The lowest BCUT2D eigenvalue weighted by Gasteiger charge is -2.15. The van der Waals surface area contributed by atoms with Crippen LogP contribution in [0.25, 0.3) is 0 Å². The van der Waals surface area contributed by atoms with Gasteiger partial charge in [0.2, 0.25) is 5.95 Å². The van der Waals surface area contributed by atoms with E-state index < -0.39 is 0 Å². The number of aromatic nitrogens is 2. The van der Waals surface area contributed by atoms with Gasteiger partial charge in [0, 0.05) is 25.2 Å². The number of nitrogens with zero attached hydrogens (tertiary/aromatic N) is 3. The second kappa shape index (κ2) is 4.18. The van der Waals surface area contributed by atoms with Gasteiger partial charge in [0.1, 0.15) is 0 Å². The third kappa shape index (κ3) is 2.28. The van der Waals surface area contributed by atoms with Crippen LogP contribution in [0.1, 0.15) is 19.3 Å². The summed E-state index contributed by atoms with van der Waals surface area (Å²) in [7, 11) is 0. The first-order valence-electron chi connectivity index (χ1n) is 5.79. The summed E-state index contributed by atoms with van der Waals surface area (Å²) in [5.41, 5.74) is 0. The fourth-order valence-corrected chi connectivity index (χ4v) is 2.34. The fourth-order valence-electron chi connectivity index (χ4n) is 2.25. The summed E-state index contributed by atoms with van der Waals surface area (Å²) in [6.45, 7) is 2.33. The summed E-state index contributed by atoms with van der Waals surface area (Å²) in [5, 5.41) is 3.94. The lowest BCUT2D eigenvalue weighted by atomic mass is 10.3. The molecule has 1 atom stereocenters. The molecule has 16 heavy (non-hydrogen) atoms. The Labute approximate surface area is 100 Å². The van der Waals surface area contributed by atoms with Gasteiger partial charge in [0.05, 0.1) is 17.4 Å². The number of rotatable bonds is 3. The van der Waals surface area contributed by atoms with E-state index in [-0.39, 0.29) is 0 Å². The zero-order chi connectivity index (χ0) is 11.0. The van der Waals surface area contributed by atoms with Crippen LogP contribution in [0.5, 0.6) is 0 Å². The number of halogens is 1. The molecule has 1 aliphatic carbocycles. The minimum absolute atomic E-state index is 0.488. The van der Waals surface area contributed by atoms with Crippen molar-refractivity contribution in [1.82, 2.24) is 14.9 Å². The van der Waals surface area contributed by atoms with E-state index in [1.165, 1.54) is 25.8 Å². The topological polar surface area (TPSA) is 41.1 Å². The Bertz CT molecular complexity index is 363. The van der Waals surface area contributed by atoms with E-state index in [1.807, 2.05) is 0 Å². The summed E-state index contributed by atoms with van der Waals surface area (Å²) in [6.07, 6.45) is 7.20. The first kappa shape index (κ1) is 10.3. The first-order valence-corrected chi connectivity index (χ1v) is 6.17. The van der Waals surface area contributed by atoms with Crippen LogP contribution >= 0.6 is 11.6 Å². The molecule has 0 amide bonds. The fraction of sp³-hybridized carbons (Fsp3) is 0.636. The minimum atomic E-state index is 0.488. The van der Waals surface area contributed by atoms with E-state index in [4.69, 9.17) is 11.6 Å². The third-order valence-electron chi connectivity index (χ3n) is 3.24. The molecule has 1 N–H and O–H groups in total. The Morgan fingerprint density at radius 3 is 2.69 bits per heavy atom. The number of hydrogen-bond donors (Lipinski definition) is 1. The summed E-state index contributed by atoms with van der Waals surface area (Å²) in [4.78, 5) is 10.9. The predicted molar refractivity (Wildman–Crippen MR) is 63.7 cm³/mol. The minimum Gasteiger partial charge on any atom is -0.350 e. The van der Waals surface area contributed by atoms with Crippen LogP contribution in [0.15, 0.2) is 12.4 Å². The molecule has 1 unspecified atom stereocenters. The van der Waals surface area contributed by atoms with E-state index >= 15 is 0 Å².